The molecule has 0 spiro atoms. The summed E-state index contributed by atoms with van der Waals surface area (Å²) in [7, 11) is 0. The molecule has 0 aliphatic carbocycles. The minimum absolute atomic E-state index is 0.179. The highest BCUT2D eigenvalue weighted by atomic mass is 16.5. The number of ether oxygens (including phenoxy) is 1. The van der Waals surface area contributed by atoms with Gasteiger partial charge in [0, 0.05) is 37.4 Å². The second-order valence-corrected chi connectivity index (χ2v) is 5.29. The predicted molar refractivity (Wildman–Crippen MR) is 82.4 cm³/mol. The van der Waals surface area contributed by atoms with Gasteiger partial charge < -0.3 is 15.4 Å². The Hall–Kier alpha value is -2.47. The van der Waals surface area contributed by atoms with E-state index in [1.54, 1.807) is 24.7 Å². The summed E-state index contributed by atoms with van der Waals surface area (Å²) < 4.78 is 5.94. The molecule has 1 unspecified atom stereocenters. The Kier molecular flexibility index (Phi) is 4.29. The Labute approximate surface area is 128 Å². The molecule has 114 valence electrons. The van der Waals surface area contributed by atoms with Gasteiger partial charge >= 0.3 is 0 Å². The fourth-order valence-electron chi connectivity index (χ4n) is 2.54. The number of carbonyl (C=O) groups is 1. The van der Waals surface area contributed by atoms with E-state index in [9.17, 15) is 4.79 Å². The number of hydrogen-bond acceptors (Lipinski definition) is 5. The van der Waals surface area contributed by atoms with Crippen LogP contribution in [0, 0.1) is 0 Å². The highest BCUT2D eigenvalue weighted by Crippen LogP contribution is 2.22. The Morgan fingerprint density at radius 2 is 2.14 bits per heavy atom. The SMILES string of the molecule is NC(=O)c1cc(N2CCC(OCc3ccncc3)C2)ccn1. The zero-order valence-electron chi connectivity index (χ0n) is 12.2. The summed E-state index contributed by atoms with van der Waals surface area (Å²) in [4.78, 5) is 21.3. The van der Waals surface area contributed by atoms with Crippen LogP contribution in [0.5, 0.6) is 0 Å². The smallest absolute Gasteiger partial charge is 0.267 e. The Balaban J connectivity index is 1.58. The molecule has 3 rings (SSSR count). The third-order valence-electron chi connectivity index (χ3n) is 3.74. The van der Waals surface area contributed by atoms with Crippen LogP contribution in [0.1, 0.15) is 22.5 Å². The molecular formula is C16H18N4O2. The van der Waals surface area contributed by atoms with Crippen molar-refractivity contribution >= 4 is 11.6 Å². The third kappa shape index (κ3) is 3.40. The van der Waals surface area contributed by atoms with Crippen molar-refractivity contribution in [2.24, 2.45) is 5.73 Å². The van der Waals surface area contributed by atoms with Gasteiger partial charge in [0.25, 0.3) is 5.91 Å². The average Bonchev–Trinajstić information content (AvgIpc) is 3.03. The lowest BCUT2D eigenvalue weighted by Gasteiger charge is -2.19. The first-order valence-corrected chi connectivity index (χ1v) is 7.23. The van der Waals surface area contributed by atoms with Gasteiger partial charge in [-0.25, -0.2) is 0 Å². The van der Waals surface area contributed by atoms with E-state index >= 15 is 0 Å². The van der Waals surface area contributed by atoms with Crippen LogP contribution in [0.15, 0.2) is 42.9 Å². The Morgan fingerprint density at radius 3 is 2.91 bits per heavy atom. The van der Waals surface area contributed by atoms with E-state index in [2.05, 4.69) is 14.9 Å². The number of nitrogens with zero attached hydrogens (tertiary/aromatic N) is 3. The van der Waals surface area contributed by atoms with Crippen molar-refractivity contribution in [3.05, 3.63) is 54.1 Å². The number of rotatable bonds is 5. The van der Waals surface area contributed by atoms with Crippen molar-refractivity contribution in [3.8, 4) is 0 Å². The first-order chi connectivity index (χ1) is 10.7. The normalized spacial score (nSPS) is 17.6. The summed E-state index contributed by atoms with van der Waals surface area (Å²) in [5.74, 6) is -0.508. The maximum absolute atomic E-state index is 11.2. The number of hydrogen-bond donors (Lipinski definition) is 1. The van der Waals surface area contributed by atoms with E-state index in [1.807, 2.05) is 18.2 Å². The number of primary amides is 1. The molecule has 2 N–H and O–H groups in total. The van der Waals surface area contributed by atoms with Crippen molar-refractivity contribution < 1.29 is 9.53 Å². The quantitative estimate of drug-likeness (QED) is 0.901. The van der Waals surface area contributed by atoms with E-state index in [0.29, 0.717) is 12.3 Å². The van der Waals surface area contributed by atoms with Crippen LogP contribution in [0.2, 0.25) is 0 Å². The zero-order chi connectivity index (χ0) is 15.4. The van der Waals surface area contributed by atoms with Crippen LogP contribution in [0.4, 0.5) is 5.69 Å². The van der Waals surface area contributed by atoms with E-state index in [1.165, 1.54) is 0 Å². The molecule has 0 aromatic carbocycles. The van der Waals surface area contributed by atoms with Gasteiger partial charge in [0.15, 0.2) is 0 Å². The molecule has 1 saturated heterocycles. The molecule has 1 atom stereocenters. The van der Waals surface area contributed by atoms with E-state index < -0.39 is 5.91 Å². The van der Waals surface area contributed by atoms with Gasteiger partial charge in [-0.3, -0.25) is 14.8 Å². The molecule has 1 fully saturated rings. The fourth-order valence-corrected chi connectivity index (χ4v) is 2.54. The molecule has 0 saturated carbocycles. The summed E-state index contributed by atoms with van der Waals surface area (Å²) in [5, 5.41) is 0. The summed E-state index contributed by atoms with van der Waals surface area (Å²) >= 11 is 0. The van der Waals surface area contributed by atoms with Crippen LogP contribution in [0.25, 0.3) is 0 Å². The van der Waals surface area contributed by atoms with Crippen molar-refractivity contribution in [2.45, 2.75) is 19.1 Å². The van der Waals surface area contributed by atoms with Gasteiger partial charge in [0.1, 0.15) is 5.69 Å². The van der Waals surface area contributed by atoms with Gasteiger partial charge in [-0.05, 0) is 36.2 Å². The molecule has 22 heavy (non-hydrogen) atoms. The minimum Gasteiger partial charge on any atom is -0.372 e. The number of pyridine rings is 2. The first-order valence-electron chi connectivity index (χ1n) is 7.23. The summed E-state index contributed by atoms with van der Waals surface area (Å²) in [6.45, 7) is 2.28. The lowest BCUT2D eigenvalue weighted by atomic mass is 10.3. The number of aromatic nitrogens is 2. The van der Waals surface area contributed by atoms with Gasteiger partial charge in [-0.15, -0.1) is 0 Å². The second-order valence-electron chi connectivity index (χ2n) is 5.29. The molecule has 2 aromatic rings. The number of nitrogens with two attached hydrogens (primary N) is 1. The van der Waals surface area contributed by atoms with Crippen molar-refractivity contribution in [3.63, 3.8) is 0 Å². The maximum Gasteiger partial charge on any atom is 0.267 e. The molecular weight excluding hydrogens is 280 g/mol. The van der Waals surface area contributed by atoms with E-state index in [4.69, 9.17) is 10.5 Å². The van der Waals surface area contributed by atoms with Crippen LogP contribution in [-0.4, -0.2) is 35.1 Å². The molecule has 0 radical (unpaired) electrons. The Bertz CT molecular complexity index is 648. The van der Waals surface area contributed by atoms with Crippen molar-refractivity contribution in [1.29, 1.82) is 0 Å². The van der Waals surface area contributed by atoms with Gasteiger partial charge in [-0.1, -0.05) is 0 Å². The zero-order valence-corrected chi connectivity index (χ0v) is 12.2. The standard InChI is InChI=1S/C16H18N4O2/c17-16(21)15-9-13(3-7-19-15)20-8-4-14(10-20)22-11-12-1-5-18-6-2-12/h1-3,5-7,9,14H,4,8,10-11H2,(H2,17,21). The van der Waals surface area contributed by atoms with E-state index in [0.717, 1.165) is 30.8 Å². The largest absolute Gasteiger partial charge is 0.372 e. The van der Waals surface area contributed by atoms with Crippen LogP contribution in [-0.2, 0) is 11.3 Å². The minimum atomic E-state index is -0.508. The average molecular weight is 298 g/mol. The molecule has 2 aromatic heterocycles. The maximum atomic E-state index is 11.2. The van der Waals surface area contributed by atoms with Crippen LogP contribution >= 0.6 is 0 Å². The molecule has 6 heteroatoms. The summed E-state index contributed by atoms with van der Waals surface area (Å²) in [5.41, 5.74) is 7.64. The summed E-state index contributed by atoms with van der Waals surface area (Å²) in [6, 6.07) is 7.52. The molecule has 1 aliphatic heterocycles. The van der Waals surface area contributed by atoms with Crippen molar-refractivity contribution in [2.75, 3.05) is 18.0 Å². The predicted octanol–water partition coefficient (Wildman–Crippen LogP) is 1.37. The molecule has 6 nitrogen and oxygen atoms in total. The number of carbonyl (C=O) groups excluding carboxylic acids is 1. The molecule has 1 aliphatic rings. The lowest BCUT2D eigenvalue weighted by Crippen LogP contribution is -2.23. The van der Waals surface area contributed by atoms with Gasteiger partial charge in [0.2, 0.25) is 0 Å². The monoisotopic (exact) mass is 298 g/mol. The van der Waals surface area contributed by atoms with E-state index in [-0.39, 0.29) is 6.10 Å². The molecule has 3 heterocycles. The van der Waals surface area contributed by atoms with Gasteiger partial charge in [-0.2, -0.15) is 0 Å². The van der Waals surface area contributed by atoms with Crippen LogP contribution < -0.4 is 10.6 Å². The van der Waals surface area contributed by atoms with Gasteiger partial charge in [0.05, 0.1) is 12.7 Å². The summed E-state index contributed by atoms with van der Waals surface area (Å²) in [6.07, 6.45) is 6.28. The molecule has 1 amide bonds. The lowest BCUT2D eigenvalue weighted by molar-refractivity contribution is 0.0553. The Morgan fingerprint density at radius 1 is 1.32 bits per heavy atom. The molecule has 0 bridgehead atoms. The highest BCUT2D eigenvalue weighted by molar-refractivity contribution is 5.91. The van der Waals surface area contributed by atoms with Crippen molar-refractivity contribution in [1.82, 2.24) is 9.97 Å². The highest BCUT2D eigenvalue weighted by Gasteiger charge is 2.23. The fraction of sp³-hybridized carbons (Fsp3) is 0.312. The number of anilines is 1. The van der Waals surface area contributed by atoms with Crippen LogP contribution in [0.3, 0.4) is 0 Å². The second kappa shape index (κ2) is 6.53. The number of amides is 1. The third-order valence-corrected chi connectivity index (χ3v) is 3.74. The topological polar surface area (TPSA) is 81.3 Å². The first kappa shape index (κ1) is 14.5.